The lowest BCUT2D eigenvalue weighted by Gasteiger charge is -2.31. The molecule has 0 saturated carbocycles. The molecule has 0 bridgehead atoms. The summed E-state index contributed by atoms with van der Waals surface area (Å²) in [5.74, 6) is 0.828. The molecule has 0 N–H and O–H groups in total. The van der Waals surface area contributed by atoms with Crippen LogP contribution in [0.5, 0.6) is 0 Å². The number of aromatic nitrogens is 2. The van der Waals surface area contributed by atoms with E-state index in [9.17, 15) is 0 Å². The minimum absolute atomic E-state index is 0.539. The highest BCUT2D eigenvalue weighted by Gasteiger charge is 2.15. The molecule has 0 radical (unpaired) electrons. The van der Waals surface area contributed by atoms with Gasteiger partial charge >= 0.3 is 0 Å². The quantitative estimate of drug-likeness (QED) is 0.727. The van der Waals surface area contributed by atoms with Gasteiger partial charge in [0.2, 0.25) is 0 Å². The van der Waals surface area contributed by atoms with Gasteiger partial charge in [0.25, 0.3) is 0 Å². The Bertz CT molecular complexity index is 341. The van der Waals surface area contributed by atoms with Gasteiger partial charge in [-0.1, -0.05) is 11.6 Å². The smallest absolute Gasteiger partial charge is 0.144 e. The summed E-state index contributed by atoms with van der Waals surface area (Å²) in [5.41, 5.74) is 0.934. The zero-order valence-electron chi connectivity index (χ0n) is 9.78. The zero-order valence-corrected chi connectivity index (χ0v) is 10.5. The van der Waals surface area contributed by atoms with Crippen LogP contribution >= 0.6 is 11.6 Å². The molecule has 0 spiro atoms. The second-order valence-electron chi connectivity index (χ2n) is 4.33. The van der Waals surface area contributed by atoms with Crippen LogP contribution in [0.1, 0.15) is 11.5 Å². The fraction of sp³-hybridized carbons (Fsp3) is 0.636. The average molecular weight is 241 g/mol. The van der Waals surface area contributed by atoms with Crippen molar-refractivity contribution in [3.8, 4) is 0 Å². The zero-order chi connectivity index (χ0) is 11.5. The first kappa shape index (κ1) is 11.8. The maximum Gasteiger partial charge on any atom is 0.144 e. The molecule has 1 aromatic rings. The average Bonchev–Trinajstić information content (AvgIpc) is 2.20. The number of piperazine rings is 1. The van der Waals surface area contributed by atoms with E-state index in [-0.39, 0.29) is 0 Å². The van der Waals surface area contributed by atoms with Crippen LogP contribution in [0.2, 0.25) is 5.15 Å². The summed E-state index contributed by atoms with van der Waals surface area (Å²) in [6, 6.07) is 1.79. The highest BCUT2D eigenvalue weighted by molar-refractivity contribution is 6.29. The molecule has 0 atom stereocenters. The second kappa shape index (κ2) is 5.08. The standard InChI is InChI=1S/C11H17ClN4/c1-9-7-10(12)14-11(13-9)8-16-5-3-15(2)4-6-16/h7H,3-6,8H2,1-2H3. The van der Waals surface area contributed by atoms with Gasteiger partial charge in [-0.2, -0.15) is 0 Å². The van der Waals surface area contributed by atoms with Crippen LogP contribution in [0, 0.1) is 6.92 Å². The fourth-order valence-electron chi connectivity index (χ4n) is 1.87. The van der Waals surface area contributed by atoms with E-state index in [4.69, 9.17) is 11.6 Å². The molecule has 0 amide bonds. The van der Waals surface area contributed by atoms with Crippen molar-refractivity contribution in [3.63, 3.8) is 0 Å². The van der Waals surface area contributed by atoms with Gasteiger partial charge in [0, 0.05) is 31.9 Å². The number of hydrogen-bond donors (Lipinski definition) is 0. The predicted octanol–water partition coefficient (Wildman–Crippen LogP) is 1.19. The highest BCUT2D eigenvalue weighted by atomic mass is 35.5. The lowest BCUT2D eigenvalue weighted by molar-refractivity contribution is 0.145. The maximum atomic E-state index is 5.91. The van der Waals surface area contributed by atoms with Gasteiger partial charge in [0.05, 0.1) is 6.54 Å². The summed E-state index contributed by atoms with van der Waals surface area (Å²) in [5, 5.41) is 0.539. The van der Waals surface area contributed by atoms with E-state index in [2.05, 4.69) is 26.8 Å². The molecule has 1 aromatic heterocycles. The molecule has 0 aromatic carbocycles. The number of aryl methyl sites for hydroxylation is 1. The SMILES string of the molecule is Cc1cc(Cl)nc(CN2CCN(C)CC2)n1. The normalized spacial score (nSPS) is 18.9. The molecule has 1 saturated heterocycles. The molecule has 1 aliphatic rings. The number of hydrogen-bond acceptors (Lipinski definition) is 4. The van der Waals surface area contributed by atoms with Crippen LogP contribution in [0.4, 0.5) is 0 Å². The minimum Gasteiger partial charge on any atom is -0.304 e. The summed E-state index contributed by atoms with van der Waals surface area (Å²) < 4.78 is 0. The van der Waals surface area contributed by atoms with Crippen LogP contribution in [-0.2, 0) is 6.54 Å². The molecule has 4 nitrogen and oxygen atoms in total. The van der Waals surface area contributed by atoms with Crippen LogP contribution in [0.25, 0.3) is 0 Å². The number of rotatable bonds is 2. The Hall–Kier alpha value is -0.710. The van der Waals surface area contributed by atoms with E-state index in [1.807, 2.05) is 6.92 Å². The Morgan fingerprint density at radius 1 is 1.25 bits per heavy atom. The van der Waals surface area contributed by atoms with Gasteiger partial charge in [-0.25, -0.2) is 9.97 Å². The Kier molecular flexibility index (Phi) is 3.74. The van der Waals surface area contributed by atoms with E-state index in [1.165, 1.54) is 0 Å². The van der Waals surface area contributed by atoms with Crippen LogP contribution in [-0.4, -0.2) is 53.0 Å². The third-order valence-electron chi connectivity index (χ3n) is 2.83. The van der Waals surface area contributed by atoms with E-state index in [0.29, 0.717) is 5.15 Å². The molecule has 5 heteroatoms. The van der Waals surface area contributed by atoms with Gasteiger partial charge in [0.1, 0.15) is 11.0 Å². The summed E-state index contributed by atoms with van der Waals surface area (Å²) >= 11 is 5.91. The third-order valence-corrected chi connectivity index (χ3v) is 3.02. The Balaban J connectivity index is 1.98. The van der Waals surface area contributed by atoms with Crippen molar-refractivity contribution in [2.45, 2.75) is 13.5 Å². The topological polar surface area (TPSA) is 32.3 Å². The molecule has 1 aliphatic heterocycles. The van der Waals surface area contributed by atoms with Crippen molar-refractivity contribution in [1.29, 1.82) is 0 Å². The van der Waals surface area contributed by atoms with Crippen LogP contribution in [0.3, 0.4) is 0 Å². The number of halogens is 1. The fourth-order valence-corrected chi connectivity index (χ4v) is 2.12. The Morgan fingerprint density at radius 2 is 1.94 bits per heavy atom. The molecule has 1 fully saturated rings. The molecular formula is C11H17ClN4. The lowest BCUT2D eigenvalue weighted by atomic mass is 10.3. The third kappa shape index (κ3) is 3.14. The molecular weight excluding hydrogens is 224 g/mol. The summed E-state index contributed by atoms with van der Waals surface area (Å²) in [6.45, 7) is 7.12. The Labute approximate surface area is 101 Å². The number of nitrogens with zero attached hydrogens (tertiary/aromatic N) is 4. The van der Waals surface area contributed by atoms with Crippen LogP contribution < -0.4 is 0 Å². The van der Waals surface area contributed by atoms with Crippen molar-refractivity contribution < 1.29 is 0 Å². The molecule has 2 heterocycles. The van der Waals surface area contributed by atoms with Crippen molar-refractivity contribution in [2.75, 3.05) is 33.2 Å². The second-order valence-corrected chi connectivity index (χ2v) is 4.71. The van der Waals surface area contributed by atoms with E-state index in [0.717, 1.165) is 44.2 Å². The van der Waals surface area contributed by atoms with Gasteiger partial charge in [-0.05, 0) is 20.0 Å². The lowest BCUT2D eigenvalue weighted by Crippen LogP contribution is -2.44. The van der Waals surface area contributed by atoms with Crippen molar-refractivity contribution in [3.05, 3.63) is 22.7 Å². The van der Waals surface area contributed by atoms with Gasteiger partial charge < -0.3 is 4.90 Å². The first-order valence-electron chi connectivity index (χ1n) is 5.54. The molecule has 16 heavy (non-hydrogen) atoms. The summed E-state index contributed by atoms with van der Waals surface area (Å²) in [7, 11) is 2.15. The molecule has 0 unspecified atom stereocenters. The van der Waals surface area contributed by atoms with Gasteiger partial charge in [-0.15, -0.1) is 0 Å². The van der Waals surface area contributed by atoms with Gasteiger partial charge in [-0.3, -0.25) is 4.90 Å². The molecule has 0 aliphatic carbocycles. The largest absolute Gasteiger partial charge is 0.304 e. The summed E-state index contributed by atoms with van der Waals surface area (Å²) in [6.07, 6.45) is 0. The van der Waals surface area contributed by atoms with E-state index in [1.54, 1.807) is 6.07 Å². The summed E-state index contributed by atoms with van der Waals surface area (Å²) in [4.78, 5) is 13.3. The Morgan fingerprint density at radius 3 is 2.56 bits per heavy atom. The van der Waals surface area contributed by atoms with Crippen molar-refractivity contribution >= 4 is 11.6 Å². The first-order chi connectivity index (χ1) is 7.63. The monoisotopic (exact) mass is 240 g/mol. The molecule has 88 valence electrons. The van der Waals surface area contributed by atoms with Crippen molar-refractivity contribution in [1.82, 2.24) is 19.8 Å². The van der Waals surface area contributed by atoms with Crippen LogP contribution in [0.15, 0.2) is 6.07 Å². The number of likely N-dealkylation sites (N-methyl/N-ethyl adjacent to an activating group) is 1. The van der Waals surface area contributed by atoms with E-state index < -0.39 is 0 Å². The highest BCUT2D eigenvalue weighted by Crippen LogP contribution is 2.09. The first-order valence-corrected chi connectivity index (χ1v) is 5.92. The van der Waals surface area contributed by atoms with Gasteiger partial charge in [0.15, 0.2) is 0 Å². The predicted molar refractivity (Wildman–Crippen MR) is 64.6 cm³/mol. The molecule has 2 rings (SSSR count). The van der Waals surface area contributed by atoms with Crippen molar-refractivity contribution in [2.24, 2.45) is 0 Å². The van der Waals surface area contributed by atoms with E-state index >= 15 is 0 Å². The minimum atomic E-state index is 0.539. The maximum absolute atomic E-state index is 5.91.